The minimum atomic E-state index is -1.63. The number of hydrogen-bond acceptors (Lipinski definition) is 10. The molecule has 1 heterocycles. The summed E-state index contributed by atoms with van der Waals surface area (Å²) in [6, 6.07) is -1.03. The molecule has 0 bridgehead atoms. The highest BCUT2D eigenvalue weighted by molar-refractivity contribution is 5.80. The number of amides is 1. The van der Waals surface area contributed by atoms with E-state index in [1.807, 2.05) is 6.08 Å². The quantitative estimate of drug-likeness (QED) is 0.0195. The first kappa shape index (κ1) is 83.3. The molecule has 0 radical (unpaired) electrons. The van der Waals surface area contributed by atoms with Crippen molar-refractivity contribution in [1.29, 1.82) is 0 Å². The smallest absolute Gasteiger partial charge is 0.306 e. The number of aliphatic hydroxyl groups is 5. The lowest BCUT2D eigenvalue weighted by Gasteiger charge is -2.41. The molecule has 1 aliphatic heterocycles. The number of hydrogen-bond donors (Lipinski definition) is 6. The molecule has 89 heavy (non-hydrogen) atoms. The molecule has 0 aromatic heterocycles. The SMILES string of the molecule is CC/C=C\C/C=C\C/C=C\C/C=C\C/C=C\C/C=C\CCCCCCCCC(=O)OC1C(OCC(NC(=O)C(O)CCCCCCCCCCCCCC/C=C\C/C=C\CCCCC)C(O)/C=C/CCCCCCCCCCCCC)OC(CO)C(O)C1O. The average molecular weight is 1250 g/mol. The van der Waals surface area contributed by atoms with E-state index in [1.165, 1.54) is 141 Å². The van der Waals surface area contributed by atoms with Crippen LogP contribution in [0.3, 0.4) is 0 Å². The lowest BCUT2D eigenvalue weighted by molar-refractivity contribution is -0.305. The molecule has 1 fully saturated rings. The normalized spacial score (nSPS) is 18.8. The van der Waals surface area contributed by atoms with Crippen LogP contribution in [0.2, 0.25) is 0 Å². The summed E-state index contributed by atoms with van der Waals surface area (Å²) in [5.74, 6) is -1.21. The number of unbranched alkanes of at least 4 members (excludes halogenated alkanes) is 32. The summed E-state index contributed by atoms with van der Waals surface area (Å²) in [4.78, 5) is 26.7. The molecule has 11 heteroatoms. The monoisotopic (exact) mass is 1250 g/mol. The second-order valence-electron chi connectivity index (χ2n) is 24.9. The van der Waals surface area contributed by atoms with Gasteiger partial charge in [0.05, 0.1) is 25.4 Å². The molecular weight excluding hydrogens is 1110 g/mol. The highest BCUT2D eigenvalue weighted by Crippen LogP contribution is 2.26. The number of allylic oxidation sites excluding steroid dienone is 17. The number of carbonyl (C=O) groups is 2. The van der Waals surface area contributed by atoms with Crippen molar-refractivity contribution in [2.45, 2.75) is 359 Å². The van der Waals surface area contributed by atoms with Gasteiger partial charge >= 0.3 is 5.97 Å². The van der Waals surface area contributed by atoms with Gasteiger partial charge in [0.2, 0.25) is 5.91 Å². The zero-order valence-electron chi connectivity index (χ0n) is 57.0. The van der Waals surface area contributed by atoms with E-state index in [9.17, 15) is 35.1 Å². The van der Waals surface area contributed by atoms with Crippen LogP contribution >= 0.6 is 0 Å². The van der Waals surface area contributed by atoms with Crippen molar-refractivity contribution in [3.05, 3.63) is 109 Å². The van der Waals surface area contributed by atoms with Gasteiger partial charge < -0.3 is 45.1 Å². The van der Waals surface area contributed by atoms with Gasteiger partial charge in [0.15, 0.2) is 12.4 Å². The number of ether oxygens (including phenoxy) is 3. The molecule has 0 aromatic rings. The summed E-state index contributed by atoms with van der Waals surface area (Å²) in [6.07, 6.45) is 78.3. The predicted octanol–water partition coefficient (Wildman–Crippen LogP) is 19.2. The molecule has 1 amide bonds. The van der Waals surface area contributed by atoms with Crippen LogP contribution in [0.25, 0.3) is 0 Å². The van der Waals surface area contributed by atoms with Crippen LogP contribution in [0.1, 0.15) is 310 Å². The lowest BCUT2D eigenvalue weighted by atomic mass is 9.99. The fourth-order valence-electron chi connectivity index (χ4n) is 10.9. The predicted molar refractivity (Wildman–Crippen MR) is 375 cm³/mol. The largest absolute Gasteiger partial charge is 0.454 e. The van der Waals surface area contributed by atoms with Crippen molar-refractivity contribution in [3.63, 3.8) is 0 Å². The molecule has 11 nitrogen and oxygen atoms in total. The lowest BCUT2D eigenvalue weighted by Crippen LogP contribution is -2.61. The molecule has 0 aromatic carbocycles. The van der Waals surface area contributed by atoms with Gasteiger partial charge in [0.25, 0.3) is 0 Å². The van der Waals surface area contributed by atoms with E-state index in [0.717, 1.165) is 122 Å². The van der Waals surface area contributed by atoms with Crippen LogP contribution < -0.4 is 5.32 Å². The van der Waals surface area contributed by atoms with Crippen molar-refractivity contribution >= 4 is 11.9 Å². The van der Waals surface area contributed by atoms with Gasteiger partial charge in [-0.3, -0.25) is 9.59 Å². The summed E-state index contributed by atoms with van der Waals surface area (Å²) in [7, 11) is 0. The van der Waals surface area contributed by atoms with Crippen LogP contribution in [0.5, 0.6) is 0 Å². The molecule has 512 valence electrons. The van der Waals surface area contributed by atoms with Gasteiger partial charge in [-0.1, -0.05) is 304 Å². The molecule has 1 aliphatic rings. The van der Waals surface area contributed by atoms with E-state index in [1.54, 1.807) is 6.08 Å². The van der Waals surface area contributed by atoms with Crippen LogP contribution in [-0.4, -0.2) is 99.6 Å². The maximum atomic E-state index is 13.5. The van der Waals surface area contributed by atoms with Crippen molar-refractivity contribution in [2.24, 2.45) is 0 Å². The fourth-order valence-corrected chi connectivity index (χ4v) is 10.9. The third-order valence-corrected chi connectivity index (χ3v) is 16.7. The van der Waals surface area contributed by atoms with E-state index in [2.05, 4.69) is 123 Å². The first-order valence-corrected chi connectivity index (χ1v) is 36.7. The topological polar surface area (TPSA) is 175 Å². The number of esters is 1. The second-order valence-corrected chi connectivity index (χ2v) is 24.9. The maximum Gasteiger partial charge on any atom is 0.306 e. The molecule has 0 spiro atoms. The van der Waals surface area contributed by atoms with Crippen LogP contribution in [-0.2, 0) is 23.8 Å². The van der Waals surface area contributed by atoms with Gasteiger partial charge in [-0.2, -0.15) is 0 Å². The third kappa shape index (κ3) is 51.5. The molecule has 6 N–H and O–H groups in total. The summed E-state index contributed by atoms with van der Waals surface area (Å²) >= 11 is 0. The highest BCUT2D eigenvalue weighted by atomic mass is 16.7. The first-order chi connectivity index (χ1) is 43.7. The summed E-state index contributed by atoms with van der Waals surface area (Å²) in [5.41, 5.74) is 0. The number of rotatable bonds is 62. The molecule has 1 saturated heterocycles. The summed E-state index contributed by atoms with van der Waals surface area (Å²) < 4.78 is 17.7. The van der Waals surface area contributed by atoms with Crippen LogP contribution in [0, 0.1) is 0 Å². The Kier molecular flexibility index (Phi) is 60.3. The van der Waals surface area contributed by atoms with Crippen molar-refractivity contribution in [2.75, 3.05) is 13.2 Å². The first-order valence-electron chi connectivity index (χ1n) is 36.7. The molecular formula is C78H135NO10. The highest BCUT2D eigenvalue weighted by Gasteiger charge is 2.47. The van der Waals surface area contributed by atoms with Crippen LogP contribution in [0.15, 0.2) is 109 Å². The Balaban J connectivity index is 2.59. The van der Waals surface area contributed by atoms with Gasteiger partial charge in [-0.15, -0.1) is 0 Å². The summed E-state index contributed by atoms with van der Waals surface area (Å²) in [5, 5.41) is 57.3. The van der Waals surface area contributed by atoms with E-state index in [0.29, 0.717) is 12.8 Å². The maximum absolute atomic E-state index is 13.5. The van der Waals surface area contributed by atoms with Gasteiger partial charge in [-0.05, 0) is 109 Å². The van der Waals surface area contributed by atoms with Crippen molar-refractivity contribution in [3.8, 4) is 0 Å². The van der Waals surface area contributed by atoms with Crippen molar-refractivity contribution in [1.82, 2.24) is 5.32 Å². The number of carbonyl (C=O) groups excluding carboxylic acids is 2. The van der Waals surface area contributed by atoms with E-state index < -0.39 is 67.4 Å². The minimum absolute atomic E-state index is 0.101. The van der Waals surface area contributed by atoms with Gasteiger partial charge in [-0.25, -0.2) is 0 Å². The van der Waals surface area contributed by atoms with E-state index in [-0.39, 0.29) is 19.4 Å². The Morgan fingerprint density at radius 1 is 0.449 bits per heavy atom. The van der Waals surface area contributed by atoms with E-state index in [4.69, 9.17) is 14.2 Å². The Hall–Kier alpha value is -3.68. The zero-order valence-corrected chi connectivity index (χ0v) is 57.0. The standard InChI is InChI=1S/C78H135NO10/c1-4-7-10-13-16-19-22-25-27-29-31-33-35-36-37-39-41-43-45-48-51-54-57-60-63-66-73(83)89-76-75(85)74(84)72(67-80)88-78(76)87-68-69(70(81)64-61-58-55-52-49-46-24-21-18-15-12-9-6-3)79-77(86)71(82)65-62-59-56-53-50-47-44-42-40-38-34-32-30-28-26-23-20-17-14-11-8-5-2/h7,10,16-17,19-20,25-28,31,33,36-37,41,43,61,64,69-72,74-76,78,80-82,84-85H,4-6,8-9,11-15,18,21-24,29-30,32,34-35,38-40,42,44-60,62-63,65-68H2,1-3H3,(H,79,86)/b10-7-,19-16-,20-17-,27-25-,28-26-,33-31-,37-36-,43-41-,64-61+. The molecule has 8 unspecified atom stereocenters. The van der Waals surface area contributed by atoms with Crippen molar-refractivity contribution < 1.29 is 49.3 Å². The Morgan fingerprint density at radius 2 is 0.809 bits per heavy atom. The number of aliphatic hydroxyl groups excluding tert-OH is 5. The fraction of sp³-hybridized carbons (Fsp3) is 0.744. The minimum Gasteiger partial charge on any atom is -0.454 e. The third-order valence-electron chi connectivity index (χ3n) is 16.7. The van der Waals surface area contributed by atoms with Gasteiger partial charge in [0.1, 0.15) is 24.4 Å². The average Bonchev–Trinajstić information content (AvgIpc) is 1.80. The Labute approximate surface area is 545 Å². The second kappa shape index (κ2) is 64.4. The Bertz CT molecular complexity index is 1870. The zero-order chi connectivity index (χ0) is 64.6. The number of nitrogens with one attached hydrogen (secondary N) is 1. The molecule has 1 rings (SSSR count). The summed E-state index contributed by atoms with van der Waals surface area (Å²) in [6.45, 7) is 5.67. The molecule has 8 atom stereocenters. The Morgan fingerprint density at radius 3 is 1.24 bits per heavy atom. The molecule has 0 aliphatic carbocycles. The van der Waals surface area contributed by atoms with Gasteiger partial charge in [0, 0.05) is 6.42 Å². The van der Waals surface area contributed by atoms with Crippen LogP contribution in [0.4, 0.5) is 0 Å². The molecule has 0 saturated carbocycles. The van der Waals surface area contributed by atoms with E-state index >= 15 is 0 Å².